The predicted octanol–water partition coefficient (Wildman–Crippen LogP) is 0.950. The maximum absolute atomic E-state index is 5.19. The van der Waals surface area contributed by atoms with Gasteiger partial charge in [-0.3, -0.25) is 0 Å². The molecule has 0 fully saturated rings. The normalized spacial score (nSPS) is 11.4. The van der Waals surface area contributed by atoms with Crippen LogP contribution in [-0.2, 0) is 4.74 Å². The molecule has 0 aromatic rings. The SMILES string of the molecule is CCO/C(C)=C/N(C)NC. The van der Waals surface area contributed by atoms with Crippen molar-refractivity contribution < 1.29 is 4.74 Å². The lowest BCUT2D eigenvalue weighted by atomic mass is 10.6. The molecule has 0 saturated carbocycles. The number of hydrazine groups is 1. The zero-order valence-corrected chi connectivity index (χ0v) is 7.14. The van der Waals surface area contributed by atoms with Gasteiger partial charge in [-0.15, -0.1) is 0 Å². The van der Waals surface area contributed by atoms with Gasteiger partial charge in [0.2, 0.25) is 0 Å². The Hall–Kier alpha value is -0.700. The molecule has 0 aliphatic heterocycles. The van der Waals surface area contributed by atoms with Crippen LogP contribution in [0.2, 0.25) is 0 Å². The van der Waals surface area contributed by atoms with E-state index in [4.69, 9.17) is 4.74 Å². The summed E-state index contributed by atoms with van der Waals surface area (Å²) in [5.41, 5.74) is 2.93. The maximum atomic E-state index is 5.19. The molecule has 0 heterocycles. The first-order valence-corrected chi connectivity index (χ1v) is 3.42. The molecule has 0 unspecified atom stereocenters. The van der Waals surface area contributed by atoms with Gasteiger partial charge in [0, 0.05) is 14.1 Å². The number of rotatable bonds is 4. The third-order valence-corrected chi connectivity index (χ3v) is 1.10. The van der Waals surface area contributed by atoms with Crippen molar-refractivity contribution in [1.82, 2.24) is 10.4 Å². The Morgan fingerprint density at radius 1 is 1.70 bits per heavy atom. The monoisotopic (exact) mass is 144 g/mol. The fourth-order valence-electron chi connectivity index (χ4n) is 0.602. The van der Waals surface area contributed by atoms with E-state index in [9.17, 15) is 0 Å². The predicted molar refractivity (Wildman–Crippen MR) is 42.2 cm³/mol. The second-order valence-corrected chi connectivity index (χ2v) is 2.01. The molecule has 0 aliphatic carbocycles. The fraction of sp³-hybridized carbons (Fsp3) is 0.714. The van der Waals surface area contributed by atoms with E-state index in [0.717, 1.165) is 12.4 Å². The molecule has 3 nitrogen and oxygen atoms in total. The molecular weight excluding hydrogens is 128 g/mol. The van der Waals surface area contributed by atoms with Crippen molar-refractivity contribution in [2.75, 3.05) is 20.7 Å². The van der Waals surface area contributed by atoms with Crippen LogP contribution < -0.4 is 5.43 Å². The maximum Gasteiger partial charge on any atom is 0.110 e. The molecule has 0 bridgehead atoms. The summed E-state index contributed by atoms with van der Waals surface area (Å²) >= 11 is 0. The summed E-state index contributed by atoms with van der Waals surface area (Å²) in [6, 6.07) is 0. The highest BCUT2D eigenvalue weighted by atomic mass is 16.5. The summed E-state index contributed by atoms with van der Waals surface area (Å²) in [6.07, 6.45) is 1.89. The van der Waals surface area contributed by atoms with Gasteiger partial charge in [-0.1, -0.05) is 0 Å². The van der Waals surface area contributed by atoms with Gasteiger partial charge in [-0.05, 0) is 13.8 Å². The van der Waals surface area contributed by atoms with Gasteiger partial charge >= 0.3 is 0 Å². The van der Waals surface area contributed by atoms with Crippen molar-refractivity contribution in [3.05, 3.63) is 12.0 Å². The average Bonchev–Trinajstić information content (AvgIpc) is 1.88. The second kappa shape index (κ2) is 5.11. The molecular formula is C7H16N2O. The van der Waals surface area contributed by atoms with Gasteiger partial charge < -0.3 is 9.75 Å². The minimum atomic E-state index is 0.722. The van der Waals surface area contributed by atoms with Crippen LogP contribution in [0.15, 0.2) is 12.0 Å². The minimum absolute atomic E-state index is 0.722. The first-order valence-electron chi connectivity index (χ1n) is 3.42. The van der Waals surface area contributed by atoms with Crippen molar-refractivity contribution in [3.8, 4) is 0 Å². The Bertz CT molecular complexity index is 112. The van der Waals surface area contributed by atoms with Gasteiger partial charge in [-0.2, -0.15) is 0 Å². The van der Waals surface area contributed by atoms with E-state index in [2.05, 4.69) is 5.43 Å². The summed E-state index contributed by atoms with van der Waals surface area (Å²) in [5, 5.41) is 1.84. The molecule has 60 valence electrons. The Kier molecular flexibility index (Phi) is 4.76. The van der Waals surface area contributed by atoms with E-state index in [-0.39, 0.29) is 0 Å². The standard InChI is InChI=1S/C7H16N2O/c1-5-10-7(2)6-9(4)8-3/h6,8H,5H2,1-4H3/b7-6+. The van der Waals surface area contributed by atoms with Crippen LogP contribution in [0.5, 0.6) is 0 Å². The lowest BCUT2D eigenvalue weighted by Crippen LogP contribution is -2.25. The van der Waals surface area contributed by atoms with Crippen LogP contribution in [-0.4, -0.2) is 25.7 Å². The first-order chi connectivity index (χ1) is 4.70. The number of allylic oxidation sites excluding steroid dienone is 1. The third-order valence-electron chi connectivity index (χ3n) is 1.10. The van der Waals surface area contributed by atoms with Crippen LogP contribution in [0.1, 0.15) is 13.8 Å². The van der Waals surface area contributed by atoms with E-state index >= 15 is 0 Å². The summed E-state index contributed by atoms with van der Waals surface area (Å²) in [5.74, 6) is 0.916. The van der Waals surface area contributed by atoms with E-state index in [0.29, 0.717) is 0 Å². The molecule has 0 rings (SSSR count). The molecule has 1 N–H and O–H groups in total. The van der Waals surface area contributed by atoms with Crippen molar-refractivity contribution in [2.45, 2.75) is 13.8 Å². The molecule has 0 amide bonds. The van der Waals surface area contributed by atoms with Crippen molar-refractivity contribution in [3.63, 3.8) is 0 Å². The van der Waals surface area contributed by atoms with E-state index < -0.39 is 0 Å². The molecule has 0 aliphatic rings. The summed E-state index contributed by atoms with van der Waals surface area (Å²) in [7, 11) is 3.78. The lowest BCUT2D eigenvalue weighted by Gasteiger charge is -2.12. The third kappa shape index (κ3) is 4.21. The van der Waals surface area contributed by atoms with Gasteiger partial charge in [0.1, 0.15) is 5.76 Å². The Labute approximate surface area is 62.6 Å². The van der Waals surface area contributed by atoms with Crippen LogP contribution in [0.4, 0.5) is 0 Å². The highest BCUT2D eigenvalue weighted by molar-refractivity contribution is 4.85. The molecule has 0 aromatic heterocycles. The minimum Gasteiger partial charge on any atom is -0.497 e. The zero-order chi connectivity index (χ0) is 7.98. The lowest BCUT2D eigenvalue weighted by molar-refractivity contribution is 0.217. The molecule has 0 aromatic carbocycles. The Balaban J connectivity index is 3.65. The zero-order valence-electron chi connectivity index (χ0n) is 7.14. The first kappa shape index (κ1) is 9.30. The Morgan fingerprint density at radius 3 is 2.70 bits per heavy atom. The van der Waals surface area contributed by atoms with E-state index in [1.807, 2.05) is 39.2 Å². The number of nitrogens with zero attached hydrogens (tertiary/aromatic N) is 1. The van der Waals surface area contributed by atoms with Crippen LogP contribution in [0, 0.1) is 0 Å². The highest BCUT2D eigenvalue weighted by Crippen LogP contribution is 1.94. The number of hydrogen-bond donors (Lipinski definition) is 1. The van der Waals surface area contributed by atoms with Crippen LogP contribution in [0.25, 0.3) is 0 Å². The van der Waals surface area contributed by atoms with E-state index in [1.54, 1.807) is 0 Å². The largest absolute Gasteiger partial charge is 0.497 e. The van der Waals surface area contributed by atoms with Crippen LogP contribution >= 0.6 is 0 Å². The molecule has 0 saturated heterocycles. The highest BCUT2D eigenvalue weighted by Gasteiger charge is 1.88. The fourth-order valence-corrected chi connectivity index (χ4v) is 0.602. The van der Waals surface area contributed by atoms with Gasteiger partial charge in [0.25, 0.3) is 0 Å². The number of ether oxygens (including phenoxy) is 1. The molecule has 0 atom stereocenters. The quantitative estimate of drug-likeness (QED) is 0.469. The van der Waals surface area contributed by atoms with Crippen molar-refractivity contribution in [1.29, 1.82) is 0 Å². The molecule has 0 spiro atoms. The van der Waals surface area contributed by atoms with Crippen LogP contribution in [0.3, 0.4) is 0 Å². The van der Waals surface area contributed by atoms with E-state index in [1.165, 1.54) is 0 Å². The molecule has 3 heteroatoms. The van der Waals surface area contributed by atoms with Gasteiger partial charge in [0.15, 0.2) is 0 Å². The van der Waals surface area contributed by atoms with Gasteiger partial charge in [0.05, 0.1) is 12.8 Å². The number of nitrogens with one attached hydrogen (secondary N) is 1. The van der Waals surface area contributed by atoms with Crippen molar-refractivity contribution >= 4 is 0 Å². The molecule has 10 heavy (non-hydrogen) atoms. The van der Waals surface area contributed by atoms with Gasteiger partial charge in [-0.25, -0.2) is 5.43 Å². The summed E-state index contributed by atoms with van der Waals surface area (Å²) in [6.45, 7) is 4.62. The topological polar surface area (TPSA) is 24.5 Å². The molecule has 0 radical (unpaired) electrons. The second-order valence-electron chi connectivity index (χ2n) is 2.01. The summed E-state index contributed by atoms with van der Waals surface area (Å²) < 4.78 is 5.19. The Morgan fingerprint density at radius 2 is 2.30 bits per heavy atom. The smallest absolute Gasteiger partial charge is 0.110 e. The average molecular weight is 144 g/mol. The summed E-state index contributed by atoms with van der Waals surface area (Å²) in [4.78, 5) is 0. The van der Waals surface area contributed by atoms with Crippen molar-refractivity contribution in [2.24, 2.45) is 0 Å². The number of hydrogen-bond acceptors (Lipinski definition) is 3.